The molecule has 0 radical (unpaired) electrons. The highest BCUT2D eigenvalue weighted by Gasteiger charge is 2.35. The topological polar surface area (TPSA) is 86.5 Å². The fraction of sp³-hybridized carbons (Fsp3) is 0.143. The van der Waals surface area contributed by atoms with E-state index in [0.29, 0.717) is 6.07 Å². The molecule has 0 spiro atoms. The Morgan fingerprint density at radius 1 is 1.30 bits per heavy atom. The highest BCUT2D eigenvalue weighted by atomic mass is 19.4. The van der Waals surface area contributed by atoms with E-state index < -0.39 is 29.6 Å². The Labute approximate surface area is 128 Å². The van der Waals surface area contributed by atoms with Crippen molar-refractivity contribution in [2.75, 3.05) is 11.1 Å². The van der Waals surface area contributed by atoms with Crippen molar-refractivity contribution in [1.29, 1.82) is 0 Å². The van der Waals surface area contributed by atoms with Crippen LogP contribution < -0.4 is 20.5 Å². The molecular weight excluding hydrogens is 315 g/mol. The second-order valence-corrected chi connectivity index (χ2v) is 4.65. The molecule has 1 aliphatic rings. The Bertz CT molecular complexity index is 764. The standard InChI is InChI=1S/C14H10F3N3O3/c15-14(16,17)8-6-7(3-4-9(8)18)22-13-12(21)20-11-10(23-13)2-1-5-19-11/h1-6,13H,18H2,(H,19,20,21). The van der Waals surface area contributed by atoms with Gasteiger partial charge in [-0.15, -0.1) is 0 Å². The number of nitrogens with two attached hydrogens (primary N) is 1. The van der Waals surface area contributed by atoms with Gasteiger partial charge in [-0.3, -0.25) is 4.79 Å². The number of carbonyl (C=O) groups excluding carboxylic acids is 1. The SMILES string of the molecule is Nc1ccc(OC2Oc3cccnc3NC2=O)cc1C(F)(F)F. The Hall–Kier alpha value is -2.97. The average molecular weight is 325 g/mol. The molecule has 9 heteroatoms. The molecule has 0 fully saturated rings. The van der Waals surface area contributed by atoms with Crippen molar-refractivity contribution in [3.63, 3.8) is 0 Å². The normalized spacial score (nSPS) is 17.0. The van der Waals surface area contributed by atoms with Gasteiger partial charge in [0.2, 0.25) is 0 Å². The van der Waals surface area contributed by atoms with Crippen LogP contribution in [0.1, 0.15) is 5.56 Å². The lowest BCUT2D eigenvalue weighted by Gasteiger charge is -2.25. The zero-order chi connectivity index (χ0) is 16.6. The summed E-state index contributed by atoms with van der Waals surface area (Å²) in [5.41, 5.74) is 3.82. The Morgan fingerprint density at radius 3 is 2.83 bits per heavy atom. The lowest BCUT2D eigenvalue weighted by Crippen LogP contribution is -2.41. The molecule has 0 aliphatic carbocycles. The summed E-state index contributed by atoms with van der Waals surface area (Å²) >= 11 is 0. The van der Waals surface area contributed by atoms with Crippen molar-refractivity contribution in [2.24, 2.45) is 0 Å². The molecule has 1 unspecified atom stereocenters. The minimum absolute atomic E-state index is 0.195. The maximum Gasteiger partial charge on any atom is 0.418 e. The minimum atomic E-state index is -4.63. The number of amides is 1. The van der Waals surface area contributed by atoms with Gasteiger partial charge < -0.3 is 20.5 Å². The first-order valence-electron chi connectivity index (χ1n) is 6.40. The summed E-state index contributed by atoms with van der Waals surface area (Å²) in [6.45, 7) is 0. The molecule has 1 atom stereocenters. The van der Waals surface area contributed by atoms with Crippen LogP contribution in [0.3, 0.4) is 0 Å². The maximum absolute atomic E-state index is 12.8. The molecule has 1 aromatic heterocycles. The fourth-order valence-corrected chi connectivity index (χ4v) is 1.98. The van der Waals surface area contributed by atoms with Gasteiger partial charge in [-0.05, 0) is 30.3 Å². The Balaban J connectivity index is 1.84. The summed E-state index contributed by atoms with van der Waals surface area (Å²) in [6.07, 6.45) is -4.61. The molecule has 6 nitrogen and oxygen atoms in total. The number of fused-ring (bicyclic) bond motifs is 1. The van der Waals surface area contributed by atoms with Gasteiger partial charge >= 0.3 is 18.4 Å². The number of pyridine rings is 1. The first-order valence-corrected chi connectivity index (χ1v) is 6.40. The average Bonchev–Trinajstić information content (AvgIpc) is 2.49. The van der Waals surface area contributed by atoms with Crippen LogP contribution in [0.15, 0.2) is 36.5 Å². The van der Waals surface area contributed by atoms with E-state index in [4.69, 9.17) is 15.2 Å². The van der Waals surface area contributed by atoms with E-state index in [9.17, 15) is 18.0 Å². The van der Waals surface area contributed by atoms with Gasteiger partial charge in [0.15, 0.2) is 11.6 Å². The molecule has 2 heterocycles. The van der Waals surface area contributed by atoms with Crippen LogP contribution in [0.5, 0.6) is 11.5 Å². The summed E-state index contributed by atoms with van der Waals surface area (Å²) in [6, 6.07) is 6.11. The van der Waals surface area contributed by atoms with Gasteiger partial charge in [0.25, 0.3) is 0 Å². The summed E-state index contributed by atoms with van der Waals surface area (Å²) in [5, 5.41) is 2.44. The van der Waals surface area contributed by atoms with Gasteiger partial charge in [0, 0.05) is 11.9 Å². The monoisotopic (exact) mass is 325 g/mol. The molecule has 120 valence electrons. The van der Waals surface area contributed by atoms with Crippen LogP contribution in [0.25, 0.3) is 0 Å². The summed E-state index contributed by atoms with van der Waals surface area (Å²) < 4.78 is 49.0. The highest BCUT2D eigenvalue weighted by molar-refractivity contribution is 5.95. The number of benzene rings is 1. The summed E-state index contributed by atoms with van der Waals surface area (Å²) in [7, 11) is 0. The molecular formula is C14H10F3N3O3. The van der Waals surface area contributed by atoms with Gasteiger partial charge in [-0.2, -0.15) is 13.2 Å². The number of ether oxygens (including phenoxy) is 2. The van der Waals surface area contributed by atoms with Crippen molar-refractivity contribution in [2.45, 2.75) is 12.5 Å². The number of aromatic nitrogens is 1. The van der Waals surface area contributed by atoms with E-state index in [1.165, 1.54) is 12.3 Å². The van der Waals surface area contributed by atoms with Crippen LogP contribution in [0.2, 0.25) is 0 Å². The molecule has 23 heavy (non-hydrogen) atoms. The van der Waals surface area contributed by atoms with E-state index in [1.54, 1.807) is 12.1 Å². The van der Waals surface area contributed by atoms with Gasteiger partial charge in [0.1, 0.15) is 5.75 Å². The quantitative estimate of drug-likeness (QED) is 0.828. The van der Waals surface area contributed by atoms with Crippen LogP contribution in [-0.2, 0) is 11.0 Å². The molecule has 1 aromatic carbocycles. The number of halogens is 3. The van der Waals surface area contributed by atoms with Crippen molar-refractivity contribution >= 4 is 17.4 Å². The Morgan fingerprint density at radius 2 is 2.09 bits per heavy atom. The zero-order valence-electron chi connectivity index (χ0n) is 11.4. The number of hydrogen-bond acceptors (Lipinski definition) is 5. The van der Waals surface area contributed by atoms with E-state index >= 15 is 0 Å². The van der Waals surface area contributed by atoms with Gasteiger partial charge in [-0.1, -0.05) is 0 Å². The number of alkyl halides is 3. The number of nitrogen functional groups attached to an aromatic ring is 1. The van der Waals surface area contributed by atoms with E-state index in [1.807, 2.05) is 0 Å². The van der Waals surface area contributed by atoms with E-state index in [0.717, 1.165) is 6.07 Å². The summed E-state index contributed by atoms with van der Waals surface area (Å²) in [4.78, 5) is 15.8. The lowest BCUT2D eigenvalue weighted by atomic mass is 10.1. The first kappa shape index (κ1) is 14.9. The number of rotatable bonds is 2. The van der Waals surface area contributed by atoms with Crippen molar-refractivity contribution in [3.8, 4) is 11.5 Å². The van der Waals surface area contributed by atoms with Crippen molar-refractivity contribution < 1.29 is 27.4 Å². The molecule has 1 aliphatic heterocycles. The van der Waals surface area contributed by atoms with Gasteiger partial charge in [-0.25, -0.2) is 4.98 Å². The highest BCUT2D eigenvalue weighted by Crippen LogP contribution is 2.36. The van der Waals surface area contributed by atoms with Crippen LogP contribution in [0, 0.1) is 0 Å². The van der Waals surface area contributed by atoms with Crippen LogP contribution in [-0.4, -0.2) is 17.2 Å². The smallest absolute Gasteiger partial charge is 0.418 e. The molecule has 3 rings (SSSR count). The molecule has 0 saturated carbocycles. The van der Waals surface area contributed by atoms with Crippen molar-refractivity contribution in [1.82, 2.24) is 4.98 Å². The molecule has 2 aromatic rings. The second kappa shape index (κ2) is 5.34. The number of anilines is 2. The van der Waals surface area contributed by atoms with Gasteiger partial charge in [0.05, 0.1) is 5.56 Å². The third-order valence-electron chi connectivity index (χ3n) is 3.03. The summed E-state index contributed by atoms with van der Waals surface area (Å²) in [5.74, 6) is -0.408. The van der Waals surface area contributed by atoms with Crippen LogP contribution >= 0.6 is 0 Å². The van der Waals surface area contributed by atoms with Crippen LogP contribution in [0.4, 0.5) is 24.7 Å². The van der Waals surface area contributed by atoms with E-state index in [2.05, 4.69) is 10.3 Å². The third kappa shape index (κ3) is 2.98. The van der Waals surface area contributed by atoms with Crippen molar-refractivity contribution in [3.05, 3.63) is 42.1 Å². The number of nitrogens with one attached hydrogen (secondary N) is 1. The predicted octanol–water partition coefficient (Wildman–Crippen LogP) is 2.42. The maximum atomic E-state index is 12.8. The second-order valence-electron chi connectivity index (χ2n) is 4.65. The molecule has 0 bridgehead atoms. The molecule has 3 N–H and O–H groups in total. The zero-order valence-corrected chi connectivity index (χ0v) is 11.4. The number of hydrogen-bond donors (Lipinski definition) is 2. The Kier molecular flexibility index (Phi) is 3.47. The predicted molar refractivity (Wildman–Crippen MR) is 73.8 cm³/mol. The van der Waals surface area contributed by atoms with E-state index in [-0.39, 0.29) is 17.3 Å². The number of nitrogens with zero attached hydrogens (tertiary/aromatic N) is 1. The fourth-order valence-electron chi connectivity index (χ4n) is 1.98. The lowest BCUT2D eigenvalue weighted by molar-refractivity contribution is -0.137. The number of carbonyl (C=O) groups is 1. The molecule has 0 saturated heterocycles. The largest absolute Gasteiger partial charge is 0.446 e. The minimum Gasteiger partial charge on any atom is -0.446 e. The molecule has 1 amide bonds. The first-order chi connectivity index (χ1) is 10.8. The third-order valence-corrected chi connectivity index (χ3v) is 3.03.